The number of nitrogens with two attached hydrogens (primary N) is 1. The van der Waals surface area contributed by atoms with Gasteiger partial charge in [0, 0.05) is 10.0 Å². The van der Waals surface area contributed by atoms with E-state index in [-0.39, 0.29) is 0 Å². The van der Waals surface area contributed by atoms with Gasteiger partial charge in [0.2, 0.25) is 0 Å². The molecule has 0 amide bonds. The van der Waals surface area contributed by atoms with Crippen molar-refractivity contribution in [2.45, 2.75) is 20.4 Å². The maximum absolute atomic E-state index is 5.48. The minimum Gasteiger partial charge on any atom is -0.324 e. The molecule has 0 aliphatic carbocycles. The Morgan fingerprint density at radius 1 is 1.31 bits per heavy atom. The van der Waals surface area contributed by atoms with E-state index >= 15 is 0 Å². The SMILES string of the molecule is Cc1cc(-c2n[nH]c(CN)n2)cc(C)c1Br. The monoisotopic (exact) mass is 280 g/mol. The molecule has 5 heteroatoms. The summed E-state index contributed by atoms with van der Waals surface area (Å²) in [5.74, 6) is 1.40. The van der Waals surface area contributed by atoms with E-state index in [1.165, 1.54) is 11.1 Å². The van der Waals surface area contributed by atoms with Crippen molar-refractivity contribution in [3.8, 4) is 11.4 Å². The van der Waals surface area contributed by atoms with E-state index in [0.29, 0.717) is 18.2 Å². The van der Waals surface area contributed by atoms with Crippen LogP contribution in [0.25, 0.3) is 11.4 Å². The van der Waals surface area contributed by atoms with Crippen molar-refractivity contribution >= 4 is 15.9 Å². The fourth-order valence-corrected chi connectivity index (χ4v) is 1.82. The standard InChI is InChI=1S/C11H13BrN4/c1-6-3-8(4-7(2)10(6)12)11-14-9(5-13)15-16-11/h3-4H,5,13H2,1-2H3,(H,14,15,16). The molecule has 84 valence electrons. The van der Waals surface area contributed by atoms with Gasteiger partial charge < -0.3 is 5.73 Å². The van der Waals surface area contributed by atoms with Gasteiger partial charge in [0.05, 0.1) is 6.54 Å². The van der Waals surface area contributed by atoms with Gasteiger partial charge in [0.1, 0.15) is 5.82 Å². The second-order valence-corrected chi connectivity index (χ2v) is 4.53. The zero-order chi connectivity index (χ0) is 11.7. The van der Waals surface area contributed by atoms with Crippen molar-refractivity contribution in [3.05, 3.63) is 33.6 Å². The summed E-state index contributed by atoms with van der Waals surface area (Å²) >= 11 is 3.54. The third kappa shape index (κ3) is 2.01. The quantitative estimate of drug-likeness (QED) is 0.887. The molecule has 0 saturated heterocycles. The Balaban J connectivity index is 2.48. The number of aromatic nitrogens is 3. The molecule has 0 aliphatic heterocycles. The van der Waals surface area contributed by atoms with Crippen LogP contribution in [0.4, 0.5) is 0 Å². The molecule has 3 N–H and O–H groups in total. The molecule has 2 rings (SSSR count). The van der Waals surface area contributed by atoms with Crippen LogP contribution < -0.4 is 5.73 Å². The molecule has 0 aliphatic rings. The van der Waals surface area contributed by atoms with Crippen molar-refractivity contribution in [3.63, 3.8) is 0 Å². The molecule has 1 aromatic heterocycles. The number of nitrogens with zero attached hydrogens (tertiary/aromatic N) is 2. The predicted octanol–water partition coefficient (Wildman–Crippen LogP) is 2.31. The first-order chi connectivity index (χ1) is 7.61. The van der Waals surface area contributed by atoms with Gasteiger partial charge in [-0.3, -0.25) is 5.10 Å². The van der Waals surface area contributed by atoms with Crippen LogP contribution in [0, 0.1) is 13.8 Å². The average molecular weight is 281 g/mol. The highest BCUT2D eigenvalue weighted by molar-refractivity contribution is 9.10. The molecule has 2 aromatic rings. The molecule has 0 fully saturated rings. The van der Waals surface area contributed by atoms with E-state index in [1.807, 2.05) is 0 Å². The zero-order valence-electron chi connectivity index (χ0n) is 9.21. The second kappa shape index (κ2) is 4.35. The fraction of sp³-hybridized carbons (Fsp3) is 0.273. The van der Waals surface area contributed by atoms with E-state index in [9.17, 15) is 0 Å². The Kier molecular flexibility index (Phi) is 3.07. The Hall–Kier alpha value is -1.20. The highest BCUT2D eigenvalue weighted by atomic mass is 79.9. The predicted molar refractivity (Wildman–Crippen MR) is 66.9 cm³/mol. The number of hydrogen-bond donors (Lipinski definition) is 2. The van der Waals surface area contributed by atoms with Crippen molar-refractivity contribution in [2.24, 2.45) is 5.73 Å². The fourth-order valence-electron chi connectivity index (χ4n) is 1.59. The first kappa shape index (κ1) is 11.3. The average Bonchev–Trinajstić information content (AvgIpc) is 2.73. The summed E-state index contributed by atoms with van der Waals surface area (Å²) < 4.78 is 1.13. The van der Waals surface area contributed by atoms with Crippen molar-refractivity contribution in [1.82, 2.24) is 15.2 Å². The molecular formula is C11H13BrN4. The summed E-state index contributed by atoms with van der Waals surface area (Å²) in [5.41, 5.74) is 8.84. The number of halogens is 1. The number of H-pyrrole nitrogens is 1. The van der Waals surface area contributed by atoms with E-state index in [2.05, 4.69) is 57.1 Å². The molecule has 0 radical (unpaired) electrons. The summed E-state index contributed by atoms with van der Waals surface area (Å²) in [6.45, 7) is 4.48. The van der Waals surface area contributed by atoms with Gasteiger partial charge in [0.15, 0.2) is 5.82 Å². The van der Waals surface area contributed by atoms with Crippen molar-refractivity contribution in [1.29, 1.82) is 0 Å². The maximum atomic E-state index is 5.48. The van der Waals surface area contributed by atoms with Crippen LogP contribution in [-0.2, 0) is 6.54 Å². The zero-order valence-corrected chi connectivity index (χ0v) is 10.8. The summed E-state index contributed by atoms with van der Waals surface area (Å²) in [6, 6.07) is 4.11. The topological polar surface area (TPSA) is 67.6 Å². The number of rotatable bonds is 2. The summed E-state index contributed by atoms with van der Waals surface area (Å²) in [6.07, 6.45) is 0. The van der Waals surface area contributed by atoms with Crippen molar-refractivity contribution < 1.29 is 0 Å². The Morgan fingerprint density at radius 2 is 1.94 bits per heavy atom. The minimum absolute atomic E-state index is 0.376. The summed E-state index contributed by atoms with van der Waals surface area (Å²) in [4.78, 5) is 4.30. The minimum atomic E-state index is 0.376. The van der Waals surface area contributed by atoms with Crippen LogP contribution >= 0.6 is 15.9 Å². The van der Waals surface area contributed by atoms with Gasteiger partial charge in [-0.15, -0.1) is 0 Å². The van der Waals surface area contributed by atoms with Crippen LogP contribution in [0.15, 0.2) is 16.6 Å². The maximum Gasteiger partial charge on any atom is 0.181 e. The van der Waals surface area contributed by atoms with E-state index in [1.54, 1.807) is 0 Å². The van der Waals surface area contributed by atoms with Gasteiger partial charge in [0.25, 0.3) is 0 Å². The molecule has 4 nitrogen and oxygen atoms in total. The smallest absolute Gasteiger partial charge is 0.181 e. The van der Waals surface area contributed by atoms with Crippen molar-refractivity contribution in [2.75, 3.05) is 0 Å². The molecule has 1 heterocycles. The van der Waals surface area contributed by atoms with Gasteiger partial charge >= 0.3 is 0 Å². The van der Waals surface area contributed by atoms with Crippen LogP contribution in [0.1, 0.15) is 17.0 Å². The lowest BCUT2D eigenvalue weighted by Gasteiger charge is -2.04. The molecule has 0 saturated carbocycles. The number of aryl methyl sites for hydroxylation is 2. The molecule has 0 bridgehead atoms. The van der Waals surface area contributed by atoms with E-state index in [0.717, 1.165) is 10.0 Å². The highest BCUT2D eigenvalue weighted by Crippen LogP contribution is 2.26. The highest BCUT2D eigenvalue weighted by Gasteiger charge is 2.08. The number of aromatic amines is 1. The van der Waals surface area contributed by atoms with Gasteiger partial charge in [-0.1, -0.05) is 15.9 Å². The normalized spacial score (nSPS) is 10.8. The molecule has 0 atom stereocenters. The lowest BCUT2D eigenvalue weighted by Crippen LogP contribution is -1.98. The van der Waals surface area contributed by atoms with E-state index < -0.39 is 0 Å². The lowest BCUT2D eigenvalue weighted by molar-refractivity contribution is 0.917. The summed E-state index contributed by atoms with van der Waals surface area (Å²) in [5, 5.41) is 6.95. The first-order valence-electron chi connectivity index (χ1n) is 5.00. The summed E-state index contributed by atoms with van der Waals surface area (Å²) in [7, 11) is 0. The van der Waals surface area contributed by atoms with Crippen LogP contribution in [0.5, 0.6) is 0 Å². The Morgan fingerprint density at radius 3 is 2.44 bits per heavy atom. The second-order valence-electron chi connectivity index (χ2n) is 3.73. The van der Waals surface area contributed by atoms with Gasteiger partial charge in [-0.2, -0.15) is 5.10 Å². The molecule has 1 aromatic carbocycles. The van der Waals surface area contributed by atoms with Crippen LogP contribution in [0.3, 0.4) is 0 Å². The third-order valence-electron chi connectivity index (χ3n) is 2.42. The Labute approximate surface area is 102 Å². The number of hydrogen-bond acceptors (Lipinski definition) is 3. The van der Waals surface area contributed by atoms with Crippen LogP contribution in [-0.4, -0.2) is 15.2 Å². The molecule has 0 spiro atoms. The Bertz CT molecular complexity index is 495. The van der Waals surface area contributed by atoms with Gasteiger partial charge in [-0.05, 0) is 37.1 Å². The molecule has 16 heavy (non-hydrogen) atoms. The first-order valence-corrected chi connectivity index (χ1v) is 5.79. The van der Waals surface area contributed by atoms with Gasteiger partial charge in [-0.25, -0.2) is 4.98 Å². The third-order valence-corrected chi connectivity index (χ3v) is 3.67. The van der Waals surface area contributed by atoms with E-state index in [4.69, 9.17) is 5.73 Å². The molecule has 0 unspecified atom stereocenters. The number of benzene rings is 1. The lowest BCUT2D eigenvalue weighted by atomic mass is 10.1. The largest absolute Gasteiger partial charge is 0.324 e. The number of nitrogens with one attached hydrogen (secondary N) is 1. The van der Waals surface area contributed by atoms with Crippen LogP contribution in [0.2, 0.25) is 0 Å². The molecular weight excluding hydrogens is 268 g/mol.